The maximum atomic E-state index is 10.4. The monoisotopic (exact) mass is 278 g/mol. The Morgan fingerprint density at radius 1 is 1.45 bits per heavy atom. The zero-order chi connectivity index (χ0) is 14.4. The molecule has 0 aromatic carbocycles. The van der Waals surface area contributed by atoms with Crippen molar-refractivity contribution < 1.29 is 14.6 Å². The highest BCUT2D eigenvalue weighted by Crippen LogP contribution is 2.16. The van der Waals surface area contributed by atoms with Crippen LogP contribution in [0.15, 0.2) is 18.5 Å². The Bertz CT molecular complexity index is 442. The first-order chi connectivity index (χ1) is 9.63. The minimum Gasteiger partial charge on any atom is -0.481 e. The van der Waals surface area contributed by atoms with Gasteiger partial charge in [-0.3, -0.25) is 14.7 Å². The van der Waals surface area contributed by atoms with Gasteiger partial charge in [0.2, 0.25) is 0 Å². The van der Waals surface area contributed by atoms with Crippen LogP contribution < -0.4 is 0 Å². The molecule has 0 aliphatic carbocycles. The first-order valence-corrected chi connectivity index (χ1v) is 7.10. The van der Waals surface area contributed by atoms with Gasteiger partial charge >= 0.3 is 5.97 Å². The van der Waals surface area contributed by atoms with E-state index >= 15 is 0 Å². The van der Waals surface area contributed by atoms with Crippen molar-refractivity contribution in [2.24, 2.45) is 0 Å². The largest absolute Gasteiger partial charge is 0.481 e. The summed E-state index contributed by atoms with van der Waals surface area (Å²) in [6.45, 7) is 5.29. The van der Waals surface area contributed by atoms with Crippen LogP contribution in [0, 0.1) is 6.92 Å². The standard InChI is InChI=1S/C15H22N2O3/c1-12-8-13(10-16-9-12)11-17-5-2-14(3-6-17)20-7-4-15(18)19/h8-10,14H,2-7,11H2,1H3,(H,18,19). The van der Waals surface area contributed by atoms with E-state index < -0.39 is 5.97 Å². The van der Waals surface area contributed by atoms with Crippen molar-refractivity contribution in [3.05, 3.63) is 29.6 Å². The first kappa shape index (κ1) is 14.9. The zero-order valence-corrected chi connectivity index (χ0v) is 11.9. The lowest BCUT2D eigenvalue weighted by molar-refractivity contribution is -0.138. The molecule has 2 rings (SSSR count). The fourth-order valence-corrected chi connectivity index (χ4v) is 2.51. The number of pyridine rings is 1. The van der Waals surface area contributed by atoms with Crippen molar-refractivity contribution in [1.29, 1.82) is 0 Å². The smallest absolute Gasteiger partial charge is 0.305 e. The van der Waals surface area contributed by atoms with Gasteiger partial charge in [0.15, 0.2) is 0 Å². The van der Waals surface area contributed by atoms with E-state index in [4.69, 9.17) is 9.84 Å². The Kier molecular flexibility index (Phi) is 5.49. The predicted octanol–water partition coefficient (Wildman–Crippen LogP) is 1.85. The van der Waals surface area contributed by atoms with Crippen molar-refractivity contribution >= 4 is 5.97 Å². The van der Waals surface area contributed by atoms with E-state index in [1.807, 2.05) is 12.4 Å². The summed E-state index contributed by atoms with van der Waals surface area (Å²) < 4.78 is 5.59. The topological polar surface area (TPSA) is 62.7 Å². The van der Waals surface area contributed by atoms with E-state index in [0.717, 1.165) is 32.5 Å². The van der Waals surface area contributed by atoms with Crippen molar-refractivity contribution in [2.75, 3.05) is 19.7 Å². The molecule has 1 fully saturated rings. The predicted molar refractivity (Wildman–Crippen MR) is 75.5 cm³/mol. The number of carboxylic acid groups (broad SMARTS) is 1. The number of aryl methyl sites for hydroxylation is 1. The molecule has 1 N–H and O–H groups in total. The number of carbonyl (C=O) groups is 1. The minimum atomic E-state index is -0.797. The lowest BCUT2D eigenvalue weighted by atomic mass is 10.1. The van der Waals surface area contributed by atoms with E-state index in [9.17, 15) is 4.79 Å². The Hall–Kier alpha value is -1.46. The van der Waals surface area contributed by atoms with Gasteiger partial charge in [0.25, 0.3) is 0 Å². The van der Waals surface area contributed by atoms with Crippen molar-refractivity contribution in [2.45, 2.75) is 38.8 Å². The number of aliphatic carboxylic acids is 1. The molecule has 0 radical (unpaired) electrons. The Morgan fingerprint density at radius 2 is 2.20 bits per heavy atom. The minimum absolute atomic E-state index is 0.0924. The van der Waals surface area contributed by atoms with Crippen LogP contribution in [-0.4, -0.2) is 46.8 Å². The Balaban J connectivity index is 1.70. The van der Waals surface area contributed by atoms with Gasteiger partial charge in [-0.2, -0.15) is 0 Å². The molecule has 5 nitrogen and oxygen atoms in total. The van der Waals surface area contributed by atoms with Gasteiger partial charge in [-0.15, -0.1) is 0 Å². The summed E-state index contributed by atoms with van der Waals surface area (Å²) in [5.41, 5.74) is 2.43. The third kappa shape index (κ3) is 4.90. The quantitative estimate of drug-likeness (QED) is 0.860. The third-order valence-corrected chi connectivity index (χ3v) is 3.54. The van der Waals surface area contributed by atoms with E-state index in [-0.39, 0.29) is 12.5 Å². The molecular weight excluding hydrogens is 256 g/mol. The van der Waals surface area contributed by atoms with Crippen LogP contribution in [-0.2, 0) is 16.1 Å². The van der Waals surface area contributed by atoms with Gasteiger partial charge in [-0.05, 0) is 30.9 Å². The van der Waals surface area contributed by atoms with Crippen LogP contribution >= 0.6 is 0 Å². The Labute approximate surface area is 119 Å². The molecule has 0 bridgehead atoms. The highest BCUT2D eigenvalue weighted by atomic mass is 16.5. The second kappa shape index (κ2) is 7.36. The molecule has 0 saturated carbocycles. The number of piperidine rings is 1. The van der Waals surface area contributed by atoms with Crippen LogP contribution in [0.3, 0.4) is 0 Å². The fraction of sp³-hybridized carbons (Fsp3) is 0.600. The van der Waals surface area contributed by atoms with Crippen molar-refractivity contribution in [3.8, 4) is 0 Å². The molecule has 1 aromatic rings. The maximum absolute atomic E-state index is 10.4. The molecule has 1 saturated heterocycles. The van der Waals surface area contributed by atoms with Crippen molar-refractivity contribution in [3.63, 3.8) is 0 Å². The summed E-state index contributed by atoms with van der Waals surface area (Å²) in [4.78, 5) is 17.0. The molecule has 5 heteroatoms. The molecule has 20 heavy (non-hydrogen) atoms. The first-order valence-electron chi connectivity index (χ1n) is 7.10. The van der Waals surface area contributed by atoms with Crippen LogP contribution in [0.1, 0.15) is 30.4 Å². The summed E-state index contributed by atoms with van der Waals surface area (Å²) >= 11 is 0. The molecule has 2 heterocycles. The summed E-state index contributed by atoms with van der Waals surface area (Å²) in [7, 11) is 0. The molecule has 1 aliphatic rings. The lowest BCUT2D eigenvalue weighted by Gasteiger charge is -2.31. The third-order valence-electron chi connectivity index (χ3n) is 3.54. The molecule has 0 spiro atoms. The molecule has 1 aromatic heterocycles. The SMILES string of the molecule is Cc1cncc(CN2CCC(OCCC(=O)O)CC2)c1. The highest BCUT2D eigenvalue weighted by Gasteiger charge is 2.19. The summed E-state index contributed by atoms with van der Waals surface area (Å²) in [6.07, 6.45) is 6.03. The van der Waals surface area contributed by atoms with E-state index in [0.29, 0.717) is 6.61 Å². The molecule has 0 amide bonds. The van der Waals surface area contributed by atoms with Crippen LogP contribution in [0.4, 0.5) is 0 Å². The number of hydrogen-bond donors (Lipinski definition) is 1. The number of ether oxygens (including phenoxy) is 1. The van der Waals surface area contributed by atoms with Gasteiger partial charge in [0.1, 0.15) is 0 Å². The molecule has 1 aliphatic heterocycles. The zero-order valence-electron chi connectivity index (χ0n) is 11.9. The molecule has 0 unspecified atom stereocenters. The summed E-state index contributed by atoms with van der Waals surface area (Å²) in [5, 5.41) is 8.58. The number of carboxylic acids is 1. The van der Waals surface area contributed by atoms with E-state index in [2.05, 4.69) is 22.9 Å². The molecular formula is C15H22N2O3. The second-order valence-corrected chi connectivity index (χ2v) is 5.36. The molecule has 110 valence electrons. The van der Waals surface area contributed by atoms with Crippen LogP contribution in [0.2, 0.25) is 0 Å². The van der Waals surface area contributed by atoms with E-state index in [1.165, 1.54) is 11.1 Å². The van der Waals surface area contributed by atoms with Crippen LogP contribution in [0.5, 0.6) is 0 Å². The lowest BCUT2D eigenvalue weighted by Crippen LogP contribution is -2.36. The number of nitrogens with zero attached hydrogens (tertiary/aromatic N) is 2. The second-order valence-electron chi connectivity index (χ2n) is 5.36. The average molecular weight is 278 g/mol. The average Bonchev–Trinajstić information content (AvgIpc) is 2.40. The van der Waals surface area contributed by atoms with Crippen molar-refractivity contribution in [1.82, 2.24) is 9.88 Å². The fourth-order valence-electron chi connectivity index (χ4n) is 2.51. The summed E-state index contributed by atoms with van der Waals surface area (Å²) in [5.74, 6) is -0.797. The normalized spacial score (nSPS) is 17.2. The highest BCUT2D eigenvalue weighted by molar-refractivity contribution is 5.66. The maximum Gasteiger partial charge on any atom is 0.305 e. The number of rotatable bonds is 6. The molecule has 0 atom stereocenters. The van der Waals surface area contributed by atoms with Gasteiger partial charge in [0.05, 0.1) is 19.1 Å². The van der Waals surface area contributed by atoms with Gasteiger partial charge in [-0.1, -0.05) is 6.07 Å². The number of aromatic nitrogens is 1. The van der Waals surface area contributed by atoms with Gasteiger partial charge < -0.3 is 9.84 Å². The Morgan fingerprint density at radius 3 is 2.85 bits per heavy atom. The van der Waals surface area contributed by atoms with Gasteiger partial charge in [0, 0.05) is 32.0 Å². The number of likely N-dealkylation sites (tertiary alicyclic amines) is 1. The van der Waals surface area contributed by atoms with E-state index in [1.54, 1.807) is 0 Å². The summed E-state index contributed by atoms with van der Waals surface area (Å²) in [6, 6.07) is 2.17. The number of hydrogen-bond acceptors (Lipinski definition) is 4. The van der Waals surface area contributed by atoms with Crippen LogP contribution in [0.25, 0.3) is 0 Å². The van der Waals surface area contributed by atoms with Gasteiger partial charge in [-0.25, -0.2) is 0 Å².